The summed E-state index contributed by atoms with van der Waals surface area (Å²) in [5, 5.41) is 5.64. The Bertz CT molecular complexity index is 712. The molecule has 1 atom stereocenters. The van der Waals surface area contributed by atoms with Crippen LogP contribution in [0.15, 0.2) is 54.6 Å². The normalized spacial score (nSPS) is 11.7. The molecule has 0 heterocycles. The molecule has 5 nitrogen and oxygen atoms in total. The first-order chi connectivity index (χ1) is 12.5. The lowest BCUT2D eigenvalue weighted by atomic mass is 10.0. The Morgan fingerprint density at radius 3 is 2.19 bits per heavy atom. The van der Waals surface area contributed by atoms with E-state index in [1.165, 1.54) is 5.56 Å². The second-order valence-corrected chi connectivity index (χ2v) is 6.36. The van der Waals surface area contributed by atoms with E-state index in [9.17, 15) is 9.59 Å². The lowest BCUT2D eigenvalue weighted by Crippen LogP contribution is -2.32. The highest BCUT2D eigenvalue weighted by atomic mass is 16.5. The molecule has 0 fully saturated rings. The summed E-state index contributed by atoms with van der Waals surface area (Å²) in [6.07, 6.45) is -0.412. The molecular weight excluding hydrogens is 328 g/mol. The lowest BCUT2D eigenvalue weighted by Gasteiger charge is -2.18. The van der Waals surface area contributed by atoms with Gasteiger partial charge in [0.05, 0.1) is 19.1 Å². The van der Waals surface area contributed by atoms with Gasteiger partial charge in [-0.15, -0.1) is 0 Å². The fourth-order valence-corrected chi connectivity index (χ4v) is 2.60. The van der Waals surface area contributed by atoms with Gasteiger partial charge < -0.3 is 15.4 Å². The van der Waals surface area contributed by atoms with Crippen LogP contribution in [0.2, 0.25) is 0 Å². The predicted molar refractivity (Wildman–Crippen MR) is 103 cm³/mol. The zero-order chi connectivity index (χ0) is 18.9. The summed E-state index contributed by atoms with van der Waals surface area (Å²) in [5.41, 5.74) is 2.81. The van der Waals surface area contributed by atoms with Crippen molar-refractivity contribution in [2.45, 2.75) is 39.2 Å². The molecule has 2 aromatic rings. The molecule has 0 spiro atoms. The third kappa shape index (κ3) is 5.92. The standard InChI is InChI=1S/C21H26N2O3/c1-4-26-21(25)23-19(17-8-6-5-7-9-17)14-20(24)22-18-12-10-16(11-13-18)15(2)3/h5-13,15,19H,4,14H2,1-3H3,(H,22,24)(H,23,25)/t19-/m1/s1. The third-order valence-electron chi connectivity index (χ3n) is 4.02. The van der Waals surface area contributed by atoms with Crippen LogP contribution in [-0.4, -0.2) is 18.6 Å². The molecule has 138 valence electrons. The van der Waals surface area contributed by atoms with Crippen molar-refractivity contribution in [1.82, 2.24) is 5.32 Å². The molecule has 2 amide bonds. The van der Waals surface area contributed by atoms with Gasteiger partial charge in [-0.05, 0) is 36.1 Å². The molecule has 0 aliphatic heterocycles. The number of carbonyl (C=O) groups excluding carboxylic acids is 2. The molecule has 0 aliphatic carbocycles. The molecule has 2 aromatic carbocycles. The van der Waals surface area contributed by atoms with Gasteiger partial charge in [0, 0.05) is 5.69 Å². The van der Waals surface area contributed by atoms with Gasteiger partial charge >= 0.3 is 6.09 Å². The predicted octanol–water partition coefficient (Wildman–Crippen LogP) is 4.63. The van der Waals surface area contributed by atoms with Gasteiger partial charge in [0.1, 0.15) is 0 Å². The number of hydrogen-bond donors (Lipinski definition) is 2. The van der Waals surface area contributed by atoms with Crippen LogP contribution in [0, 0.1) is 0 Å². The minimum atomic E-state index is -0.532. The Kier molecular flexibility index (Phi) is 7.21. The highest BCUT2D eigenvalue weighted by Gasteiger charge is 2.19. The molecule has 0 aromatic heterocycles. The second-order valence-electron chi connectivity index (χ2n) is 6.36. The van der Waals surface area contributed by atoms with Crippen molar-refractivity contribution in [3.8, 4) is 0 Å². The summed E-state index contributed by atoms with van der Waals surface area (Å²) in [7, 11) is 0. The molecule has 0 unspecified atom stereocenters. The molecule has 26 heavy (non-hydrogen) atoms. The van der Waals surface area contributed by atoms with E-state index in [1.54, 1.807) is 6.92 Å². The van der Waals surface area contributed by atoms with Crippen LogP contribution in [0.25, 0.3) is 0 Å². The first-order valence-electron chi connectivity index (χ1n) is 8.87. The molecular formula is C21H26N2O3. The van der Waals surface area contributed by atoms with Crippen molar-refractivity contribution < 1.29 is 14.3 Å². The molecule has 0 aliphatic rings. The monoisotopic (exact) mass is 354 g/mol. The smallest absolute Gasteiger partial charge is 0.407 e. The largest absolute Gasteiger partial charge is 0.450 e. The first kappa shape index (κ1) is 19.5. The Morgan fingerprint density at radius 2 is 1.62 bits per heavy atom. The number of carbonyl (C=O) groups is 2. The summed E-state index contributed by atoms with van der Waals surface area (Å²) < 4.78 is 4.95. The summed E-state index contributed by atoms with van der Waals surface area (Å²) in [6, 6.07) is 16.7. The average Bonchev–Trinajstić information content (AvgIpc) is 2.62. The topological polar surface area (TPSA) is 67.4 Å². The number of anilines is 1. The number of nitrogens with one attached hydrogen (secondary N) is 2. The van der Waals surface area contributed by atoms with Crippen LogP contribution >= 0.6 is 0 Å². The van der Waals surface area contributed by atoms with E-state index in [0.717, 1.165) is 11.3 Å². The summed E-state index contributed by atoms with van der Waals surface area (Å²) in [5.74, 6) is 0.268. The van der Waals surface area contributed by atoms with Gasteiger partial charge in [0.2, 0.25) is 5.91 Å². The van der Waals surface area contributed by atoms with E-state index in [-0.39, 0.29) is 18.9 Å². The van der Waals surface area contributed by atoms with Gasteiger partial charge in [0.25, 0.3) is 0 Å². The Labute approximate surface area is 154 Å². The van der Waals surface area contributed by atoms with E-state index < -0.39 is 12.1 Å². The van der Waals surface area contributed by atoms with Gasteiger partial charge in [0.15, 0.2) is 0 Å². The highest BCUT2D eigenvalue weighted by Crippen LogP contribution is 2.20. The third-order valence-corrected chi connectivity index (χ3v) is 4.02. The Morgan fingerprint density at radius 1 is 0.962 bits per heavy atom. The van der Waals surface area contributed by atoms with E-state index in [4.69, 9.17) is 4.74 Å². The Balaban J connectivity index is 2.04. The van der Waals surface area contributed by atoms with Crippen molar-refractivity contribution >= 4 is 17.7 Å². The zero-order valence-corrected chi connectivity index (χ0v) is 15.5. The minimum absolute atomic E-state index is 0.120. The molecule has 0 radical (unpaired) electrons. The van der Waals surface area contributed by atoms with Crippen LogP contribution in [0.3, 0.4) is 0 Å². The van der Waals surface area contributed by atoms with Crippen molar-refractivity contribution in [3.05, 3.63) is 65.7 Å². The number of alkyl carbamates (subject to hydrolysis) is 1. The van der Waals surface area contributed by atoms with Crippen molar-refractivity contribution in [2.24, 2.45) is 0 Å². The average molecular weight is 354 g/mol. The maximum Gasteiger partial charge on any atom is 0.407 e. The van der Waals surface area contributed by atoms with E-state index in [0.29, 0.717) is 5.92 Å². The summed E-state index contributed by atoms with van der Waals surface area (Å²) >= 11 is 0. The Hall–Kier alpha value is -2.82. The SMILES string of the molecule is CCOC(=O)N[C@H](CC(=O)Nc1ccc(C(C)C)cc1)c1ccccc1. The minimum Gasteiger partial charge on any atom is -0.450 e. The highest BCUT2D eigenvalue weighted by molar-refractivity contribution is 5.91. The van der Waals surface area contributed by atoms with E-state index in [2.05, 4.69) is 24.5 Å². The number of amides is 2. The zero-order valence-electron chi connectivity index (χ0n) is 15.5. The summed E-state index contributed by atoms with van der Waals surface area (Å²) in [4.78, 5) is 24.3. The molecule has 2 N–H and O–H groups in total. The first-order valence-corrected chi connectivity index (χ1v) is 8.87. The molecule has 0 saturated carbocycles. The van der Waals surface area contributed by atoms with Crippen molar-refractivity contribution in [2.75, 3.05) is 11.9 Å². The van der Waals surface area contributed by atoms with E-state index in [1.807, 2.05) is 54.6 Å². The fraction of sp³-hybridized carbons (Fsp3) is 0.333. The molecule has 0 saturated heterocycles. The number of benzene rings is 2. The maximum absolute atomic E-state index is 12.5. The van der Waals surface area contributed by atoms with Crippen LogP contribution in [0.4, 0.5) is 10.5 Å². The molecule has 5 heteroatoms. The number of rotatable bonds is 7. The van der Waals surface area contributed by atoms with Crippen LogP contribution in [0.1, 0.15) is 50.3 Å². The van der Waals surface area contributed by atoms with E-state index >= 15 is 0 Å². The van der Waals surface area contributed by atoms with Crippen LogP contribution in [0.5, 0.6) is 0 Å². The van der Waals surface area contributed by atoms with Crippen LogP contribution < -0.4 is 10.6 Å². The molecule has 0 bridgehead atoms. The lowest BCUT2D eigenvalue weighted by molar-refractivity contribution is -0.116. The quantitative estimate of drug-likeness (QED) is 0.762. The van der Waals surface area contributed by atoms with Gasteiger partial charge in [-0.2, -0.15) is 0 Å². The number of hydrogen-bond acceptors (Lipinski definition) is 3. The van der Waals surface area contributed by atoms with Crippen molar-refractivity contribution in [1.29, 1.82) is 0 Å². The van der Waals surface area contributed by atoms with Gasteiger partial charge in [-0.3, -0.25) is 4.79 Å². The van der Waals surface area contributed by atoms with Gasteiger partial charge in [-0.1, -0.05) is 56.3 Å². The fourth-order valence-electron chi connectivity index (χ4n) is 2.60. The van der Waals surface area contributed by atoms with Gasteiger partial charge in [-0.25, -0.2) is 4.79 Å². The summed E-state index contributed by atoms with van der Waals surface area (Å²) in [6.45, 7) is 6.27. The van der Waals surface area contributed by atoms with Crippen molar-refractivity contribution in [3.63, 3.8) is 0 Å². The maximum atomic E-state index is 12.5. The second kappa shape index (κ2) is 9.61. The number of ether oxygens (including phenoxy) is 1. The van der Waals surface area contributed by atoms with Crippen LogP contribution in [-0.2, 0) is 9.53 Å². The molecule has 2 rings (SSSR count).